The van der Waals surface area contributed by atoms with E-state index in [4.69, 9.17) is 9.15 Å². The Labute approximate surface area is 138 Å². The highest BCUT2D eigenvalue weighted by Gasteiger charge is 2.34. The van der Waals surface area contributed by atoms with E-state index in [9.17, 15) is 4.39 Å². The summed E-state index contributed by atoms with van der Waals surface area (Å²) in [4.78, 5) is 10.6. The molecule has 0 N–H and O–H groups in total. The first-order valence-electron chi connectivity index (χ1n) is 7.98. The number of hydrogen-bond acceptors (Lipinski definition) is 5. The molecule has 0 radical (unpaired) electrons. The average molecular weight is 330 g/mol. The van der Waals surface area contributed by atoms with E-state index in [1.54, 1.807) is 6.20 Å². The molecule has 24 heavy (non-hydrogen) atoms. The number of ether oxygens (including phenoxy) is 1. The summed E-state index contributed by atoms with van der Waals surface area (Å²) < 4.78 is 27.5. The van der Waals surface area contributed by atoms with Gasteiger partial charge in [-0.1, -0.05) is 12.1 Å². The zero-order valence-corrected chi connectivity index (χ0v) is 13.4. The molecule has 0 bridgehead atoms. The summed E-state index contributed by atoms with van der Waals surface area (Å²) in [5.41, 5.74) is 1.51. The van der Waals surface area contributed by atoms with Crippen LogP contribution in [0.2, 0.25) is 0 Å². The third-order valence-corrected chi connectivity index (χ3v) is 4.32. The van der Waals surface area contributed by atoms with E-state index in [2.05, 4.69) is 9.97 Å². The van der Waals surface area contributed by atoms with Gasteiger partial charge in [0.2, 0.25) is 5.89 Å². The van der Waals surface area contributed by atoms with Gasteiger partial charge in [-0.25, -0.2) is 14.4 Å². The van der Waals surface area contributed by atoms with Gasteiger partial charge in [0.15, 0.2) is 5.58 Å². The smallest absolute Gasteiger partial charge is 0.221 e. The van der Waals surface area contributed by atoms with Crippen molar-refractivity contribution in [1.82, 2.24) is 19.4 Å². The lowest BCUT2D eigenvalue weighted by Crippen LogP contribution is -2.25. The fraction of sp³-hybridized carbons (Fsp3) is 0.412. The number of rotatable bonds is 5. The van der Waals surface area contributed by atoms with E-state index >= 15 is 0 Å². The molecule has 7 heteroatoms. The molecule has 6 nitrogen and oxygen atoms in total. The van der Waals surface area contributed by atoms with Crippen LogP contribution in [0.25, 0.3) is 11.1 Å². The van der Waals surface area contributed by atoms with Gasteiger partial charge in [-0.3, -0.25) is 4.90 Å². The molecule has 0 aliphatic carbocycles. The highest BCUT2D eigenvalue weighted by Crippen LogP contribution is 2.21. The second-order valence-corrected chi connectivity index (χ2v) is 6.09. The number of benzene rings is 1. The van der Waals surface area contributed by atoms with E-state index in [0.29, 0.717) is 25.5 Å². The molecular formula is C17H19FN4O2. The molecule has 126 valence electrons. The normalized spacial score (nSPS) is 21.8. The number of hydrogen-bond donors (Lipinski definition) is 0. The van der Waals surface area contributed by atoms with Gasteiger partial charge in [0.25, 0.3) is 0 Å². The Morgan fingerprint density at radius 3 is 3.00 bits per heavy atom. The van der Waals surface area contributed by atoms with Crippen molar-refractivity contribution in [1.29, 1.82) is 0 Å². The summed E-state index contributed by atoms with van der Waals surface area (Å²) >= 11 is 0. The standard InChI is InChI=1S/C17H19FN4O2/c1-21-7-6-19-16(21)10-22-8-12(18)15(9-22)23-11-17-20-13-4-2-3-5-14(13)24-17/h2-7,12,15H,8-11H2,1H3. The first-order chi connectivity index (χ1) is 11.7. The Hall–Kier alpha value is -2.25. The van der Waals surface area contributed by atoms with E-state index in [-0.39, 0.29) is 6.61 Å². The van der Waals surface area contributed by atoms with Gasteiger partial charge in [-0.15, -0.1) is 0 Å². The maximum Gasteiger partial charge on any atom is 0.221 e. The molecule has 1 fully saturated rings. The highest BCUT2D eigenvalue weighted by atomic mass is 19.1. The summed E-state index contributed by atoms with van der Waals surface area (Å²) in [7, 11) is 1.94. The van der Waals surface area contributed by atoms with Crippen molar-refractivity contribution in [3.05, 3.63) is 48.4 Å². The van der Waals surface area contributed by atoms with E-state index in [1.807, 2.05) is 47.0 Å². The van der Waals surface area contributed by atoms with Gasteiger partial charge in [0, 0.05) is 32.5 Å². The molecule has 2 unspecified atom stereocenters. The van der Waals surface area contributed by atoms with Crippen LogP contribution >= 0.6 is 0 Å². The molecule has 3 aromatic rings. The SMILES string of the molecule is Cn1ccnc1CN1CC(F)C(OCc2nc3ccccc3o2)C1. The van der Waals surface area contributed by atoms with Crippen molar-refractivity contribution in [2.45, 2.75) is 25.4 Å². The van der Waals surface area contributed by atoms with Crippen LogP contribution in [-0.4, -0.2) is 44.8 Å². The summed E-state index contributed by atoms with van der Waals surface area (Å²) in [6.07, 6.45) is 2.15. The van der Waals surface area contributed by atoms with Crippen LogP contribution in [0.5, 0.6) is 0 Å². The third-order valence-electron chi connectivity index (χ3n) is 4.32. The molecule has 1 aromatic carbocycles. The second-order valence-electron chi connectivity index (χ2n) is 6.09. The molecule has 0 spiro atoms. The first kappa shape index (κ1) is 15.3. The Kier molecular flexibility index (Phi) is 4.03. The van der Waals surface area contributed by atoms with Crippen LogP contribution in [0.1, 0.15) is 11.7 Å². The fourth-order valence-corrected chi connectivity index (χ4v) is 3.00. The zero-order valence-electron chi connectivity index (χ0n) is 13.4. The van der Waals surface area contributed by atoms with Gasteiger partial charge in [0.05, 0.1) is 6.54 Å². The maximum absolute atomic E-state index is 14.2. The van der Waals surface area contributed by atoms with Gasteiger partial charge >= 0.3 is 0 Å². The predicted octanol–water partition coefficient (Wildman–Crippen LogP) is 2.30. The number of alkyl halides is 1. The van der Waals surface area contributed by atoms with Crippen molar-refractivity contribution < 1.29 is 13.5 Å². The van der Waals surface area contributed by atoms with E-state index < -0.39 is 12.3 Å². The molecule has 1 aliphatic heterocycles. The van der Waals surface area contributed by atoms with Crippen LogP contribution in [0.3, 0.4) is 0 Å². The van der Waals surface area contributed by atoms with Crippen molar-refractivity contribution >= 4 is 11.1 Å². The second kappa shape index (κ2) is 6.33. The molecule has 4 rings (SSSR count). The topological polar surface area (TPSA) is 56.3 Å². The average Bonchev–Trinajstić information content (AvgIpc) is 3.25. The summed E-state index contributed by atoms with van der Waals surface area (Å²) in [6, 6.07) is 7.53. The number of fused-ring (bicyclic) bond motifs is 1. The molecule has 2 atom stereocenters. The molecule has 3 heterocycles. The van der Waals surface area contributed by atoms with Crippen molar-refractivity contribution in [3.63, 3.8) is 0 Å². The van der Waals surface area contributed by atoms with Crippen LogP contribution in [-0.2, 0) is 24.9 Å². The van der Waals surface area contributed by atoms with Crippen LogP contribution in [0.15, 0.2) is 41.1 Å². The van der Waals surface area contributed by atoms with Gasteiger partial charge in [0.1, 0.15) is 30.2 Å². The number of para-hydroxylation sites is 2. The molecule has 1 aliphatic rings. The van der Waals surface area contributed by atoms with E-state index in [0.717, 1.165) is 16.9 Å². The Balaban J connectivity index is 1.35. The first-order valence-corrected chi connectivity index (χ1v) is 7.98. The highest BCUT2D eigenvalue weighted by molar-refractivity contribution is 5.72. The monoisotopic (exact) mass is 330 g/mol. The Morgan fingerprint density at radius 2 is 2.21 bits per heavy atom. The zero-order chi connectivity index (χ0) is 16.5. The lowest BCUT2D eigenvalue weighted by molar-refractivity contribution is 0.00233. The number of aryl methyl sites for hydroxylation is 1. The van der Waals surface area contributed by atoms with Crippen LogP contribution < -0.4 is 0 Å². The van der Waals surface area contributed by atoms with Crippen molar-refractivity contribution in [2.75, 3.05) is 13.1 Å². The number of likely N-dealkylation sites (tertiary alicyclic amines) is 1. The van der Waals surface area contributed by atoms with Crippen LogP contribution in [0.4, 0.5) is 4.39 Å². The molecule has 0 saturated carbocycles. The summed E-state index contributed by atoms with van der Waals surface area (Å²) in [6.45, 7) is 1.68. The van der Waals surface area contributed by atoms with Crippen molar-refractivity contribution in [3.8, 4) is 0 Å². The van der Waals surface area contributed by atoms with Gasteiger partial charge in [-0.05, 0) is 12.1 Å². The summed E-state index contributed by atoms with van der Waals surface area (Å²) in [5.74, 6) is 1.40. The lowest BCUT2D eigenvalue weighted by atomic mass is 10.3. The number of nitrogens with zero attached hydrogens (tertiary/aromatic N) is 4. The minimum absolute atomic E-state index is 0.177. The van der Waals surface area contributed by atoms with Gasteiger partial charge in [-0.2, -0.15) is 0 Å². The van der Waals surface area contributed by atoms with E-state index in [1.165, 1.54) is 0 Å². The minimum atomic E-state index is -1.02. The van der Waals surface area contributed by atoms with Gasteiger partial charge < -0.3 is 13.7 Å². The summed E-state index contributed by atoms with van der Waals surface area (Å²) in [5, 5.41) is 0. The Bertz CT molecular complexity index is 798. The predicted molar refractivity (Wildman–Crippen MR) is 86.0 cm³/mol. The molecular weight excluding hydrogens is 311 g/mol. The number of oxazole rings is 1. The largest absolute Gasteiger partial charge is 0.438 e. The quantitative estimate of drug-likeness (QED) is 0.718. The molecule has 1 saturated heterocycles. The van der Waals surface area contributed by atoms with Crippen molar-refractivity contribution in [2.24, 2.45) is 7.05 Å². The Morgan fingerprint density at radius 1 is 1.33 bits per heavy atom. The molecule has 2 aromatic heterocycles. The minimum Gasteiger partial charge on any atom is -0.438 e. The number of imidazole rings is 1. The number of halogens is 1. The lowest BCUT2D eigenvalue weighted by Gasteiger charge is -2.15. The third kappa shape index (κ3) is 3.05. The maximum atomic E-state index is 14.2. The fourth-order valence-electron chi connectivity index (χ4n) is 3.00. The molecule has 0 amide bonds. The van der Waals surface area contributed by atoms with Crippen LogP contribution in [0, 0.1) is 0 Å². The number of aromatic nitrogens is 3.